The second-order valence-corrected chi connectivity index (χ2v) is 7.54. The molecule has 2 aromatic rings. The fourth-order valence-corrected chi connectivity index (χ4v) is 3.58. The van der Waals surface area contributed by atoms with Gasteiger partial charge in [-0.05, 0) is 48.9 Å². The fraction of sp³-hybridized carbons (Fsp3) is 0.350. The summed E-state index contributed by atoms with van der Waals surface area (Å²) < 4.78 is 0. The van der Waals surface area contributed by atoms with Gasteiger partial charge in [-0.15, -0.1) is 11.8 Å². The second kappa shape index (κ2) is 8.36. The number of thioether (sulfide) groups is 1. The average molecular weight is 369 g/mol. The molecule has 136 valence electrons. The Labute approximate surface area is 158 Å². The van der Waals surface area contributed by atoms with Crippen molar-refractivity contribution < 1.29 is 9.59 Å². The summed E-state index contributed by atoms with van der Waals surface area (Å²) in [5.41, 5.74) is 2.42. The quantitative estimate of drug-likeness (QED) is 0.787. The largest absolute Gasteiger partial charge is 0.345 e. The Hall–Kier alpha value is -2.34. The van der Waals surface area contributed by atoms with Crippen molar-refractivity contribution in [2.45, 2.75) is 37.8 Å². The summed E-state index contributed by atoms with van der Waals surface area (Å²) in [6, 6.07) is 11.3. The number of nitrogens with zero attached hydrogens (tertiary/aromatic N) is 2. The van der Waals surface area contributed by atoms with E-state index in [1.807, 2.05) is 42.2 Å². The van der Waals surface area contributed by atoms with Gasteiger partial charge in [0.2, 0.25) is 5.91 Å². The first kappa shape index (κ1) is 18.5. The van der Waals surface area contributed by atoms with Gasteiger partial charge < -0.3 is 10.2 Å². The maximum absolute atomic E-state index is 12.5. The van der Waals surface area contributed by atoms with E-state index >= 15 is 0 Å². The predicted octanol–water partition coefficient (Wildman–Crippen LogP) is 3.81. The molecule has 2 amide bonds. The predicted molar refractivity (Wildman–Crippen MR) is 105 cm³/mol. The van der Waals surface area contributed by atoms with Gasteiger partial charge >= 0.3 is 0 Å². The molecule has 6 heteroatoms. The first-order chi connectivity index (χ1) is 12.6. The van der Waals surface area contributed by atoms with E-state index in [1.165, 1.54) is 0 Å². The smallest absolute Gasteiger partial charge is 0.253 e. The van der Waals surface area contributed by atoms with Gasteiger partial charge in [-0.3, -0.25) is 9.59 Å². The molecule has 0 spiro atoms. The van der Waals surface area contributed by atoms with Gasteiger partial charge in [0.1, 0.15) is 0 Å². The second-order valence-electron chi connectivity index (χ2n) is 6.26. The number of benzene rings is 1. The van der Waals surface area contributed by atoms with Crippen molar-refractivity contribution in [3.63, 3.8) is 0 Å². The lowest BCUT2D eigenvalue weighted by atomic mass is 10.1. The van der Waals surface area contributed by atoms with E-state index in [4.69, 9.17) is 0 Å². The molecule has 0 bridgehead atoms. The molecule has 1 N–H and O–H groups in total. The number of nitrogens with one attached hydrogen (secondary N) is 1. The summed E-state index contributed by atoms with van der Waals surface area (Å²) in [5, 5.41) is 3.92. The van der Waals surface area contributed by atoms with Crippen LogP contribution in [0.1, 0.15) is 48.7 Å². The molecule has 1 unspecified atom stereocenters. The number of aromatic nitrogens is 1. The number of hydrogen-bond acceptors (Lipinski definition) is 4. The topological polar surface area (TPSA) is 62.3 Å². The molecule has 1 saturated heterocycles. The maximum atomic E-state index is 12.5. The highest BCUT2D eigenvalue weighted by molar-refractivity contribution is 7.99. The highest BCUT2D eigenvalue weighted by Gasteiger charge is 2.22. The van der Waals surface area contributed by atoms with Crippen molar-refractivity contribution in [3.05, 3.63) is 53.7 Å². The number of carbonyl (C=O) groups excluding carboxylic acids is 2. The third-order valence-electron chi connectivity index (χ3n) is 4.39. The summed E-state index contributed by atoms with van der Waals surface area (Å²) >= 11 is 1.65. The van der Waals surface area contributed by atoms with Crippen LogP contribution in [0, 0.1) is 0 Å². The maximum Gasteiger partial charge on any atom is 0.253 e. The Morgan fingerprint density at radius 2 is 2.19 bits per heavy atom. The number of hydrogen-bond donors (Lipinski definition) is 1. The van der Waals surface area contributed by atoms with Gasteiger partial charge in [-0.25, -0.2) is 4.98 Å². The lowest BCUT2D eigenvalue weighted by Crippen LogP contribution is -2.27. The standard InChI is InChI=1S/C20H23N3O2S/c1-3-26-18-10-9-16(13-21-18)20(25)22-14(2)15-6-4-7-17(12-15)23-11-5-8-19(23)24/h4,6-7,9-10,12-14H,3,5,8,11H2,1-2H3,(H,22,25). The molecule has 1 aliphatic heterocycles. The molecular formula is C20H23N3O2S. The zero-order valence-corrected chi connectivity index (χ0v) is 15.9. The molecule has 3 rings (SSSR count). The summed E-state index contributed by atoms with van der Waals surface area (Å²) in [7, 11) is 0. The third-order valence-corrected chi connectivity index (χ3v) is 5.22. The van der Waals surface area contributed by atoms with Crippen molar-refractivity contribution >= 4 is 29.3 Å². The molecule has 2 heterocycles. The minimum atomic E-state index is -0.162. The van der Waals surface area contributed by atoms with Crippen molar-refractivity contribution in [1.29, 1.82) is 0 Å². The van der Waals surface area contributed by atoms with Crippen LogP contribution < -0.4 is 10.2 Å². The lowest BCUT2D eigenvalue weighted by molar-refractivity contribution is -0.117. The summed E-state index contributed by atoms with van der Waals surface area (Å²) in [4.78, 5) is 30.5. The minimum Gasteiger partial charge on any atom is -0.345 e. The van der Waals surface area contributed by atoms with Crippen molar-refractivity contribution in [2.24, 2.45) is 0 Å². The van der Waals surface area contributed by atoms with Gasteiger partial charge in [0.05, 0.1) is 16.6 Å². The molecule has 1 aromatic heterocycles. The summed E-state index contributed by atoms with van der Waals surface area (Å²) in [6.07, 6.45) is 3.11. The van der Waals surface area contributed by atoms with Crippen LogP contribution in [0.25, 0.3) is 0 Å². The van der Waals surface area contributed by atoms with Crippen LogP contribution in [0.5, 0.6) is 0 Å². The Balaban J connectivity index is 1.68. The van der Waals surface area contributed by atoms with Gasteiger partial charge in [0.25, 0.3) is 5.91 Å². The van der Waals surface area contributed by atoms with Gasteiger partial charge in [-0.1, -0.05) is 19.1 Å². The first-order valence-corrected chi connectivity index (χ1v) is 9.87. The van der Waals surface area contributed by atoms with Gasteiger partial charge in [-0.2, -0.15) is 0 Å². The van der Waals surface area contributed by atoms with E-state index in [9.17, 15) is 9.59 Å². The number of amides is 2. The fourth-order valence-electron chi connectivity index (χ4n) is 2.99. The molecule has 0 aliphatic carbocycles. The van der Waals surface area contributed by atoms with Crippen LogP contribution in [0.2, 0.25) is 0 Å². The van der Waals surface area contributed by atoms with Crippen LogP contribution in [0.15, 0.2) is 47.6 Å². The zero-order chi connectivity index (χ0) is 18.5. The SMILES string of the molecule is CCSc1ccc(C(=O)NC(C)c2cccc(N3CCCC3=O)c2)cn1. The van der Waals surface area contributed by atoms with E-state index in [1.54, 1.807) is 24.0 Å². The van der Waals surface area contributed by atoms with Gasteiger partial charge in [0.15, 0.2) is 0 Å². The Morgan fingerprint density at radius 3 is 2.85 bits per heavy atom. The number of rotatable bonds is 6. The lowest BCUT2D eigenvalue weighted by Gasteiger charge is -2.19. The van der Waals surface area contributed by atoms with E-state index in [-0.39, 0.29) is 17.9 Å². The zero-order valence-electron chi connectivity index (χ0n) is 15.1. The Bertz CT molecular complexity index is 792. The molecule has 1 aromatic carbocycles. The van der Waals surface area contributed by atoms with Crippen LogP contribution in [-0.4, -0.2) is 29.1 Å². The van der Waals surface area contributed by atoms with Crippen molar-refractivity contribution in [3.8, 4) is 0 Å². The number of pyridine rings is 1. The molecule has 1 atom stereocenters. The highest BCUT2D eigenvalue weighted by atomic mass is 32.2. The Morgan fingerprint density at radius 1 is 1.35 bits per heavy atom. The van der Waals surface area contributed by atoms with Gasteiger partial charge in [0, 0.05) is 24.8 Å². The van der Waals surface area contributed by atoms with E-state index in [2.05, 4.69) is 17.2 Å². The van der Waals surface area contributed by atoms with E-state index < -0.39 is 0 Å². The van der Waals surface area contributed by atoms with Crippen molar-refractivity contribution in [1.82, 2.24) is 10.3 Å². The number of anilines is 1. The summed E-state index contributed by atoms with van der Waals surface area (Å²) in [5.74, 6) is 0.960. The molecule has 0 radical (unpaired) electrons. The molecule has 1 aliphatic rings. The first-order valence-electron chi connectivity index (χ1n) is 8.88. The monoisotopic (exact) mass is 369 g/mol. The molecule has 0 saturated carbocycles. The van der Waals surface area contributed by atoms with Crippen molar-refractivity contribution in [2.75, 3.05) is 17.2 Å². The molecular weight excluding hydrogens is 346 g/mol. The van der Waals surface area contributed by atoms with Crippen LogP contribution >= 0.6 is 11.8 Å². The minimum absolute atomic E-state index is 0.152. The van der Waals surface area contributed by atoms with Crippen LogP contribution in [0.3, 0.4) is 0 Å². The van der Waals surface area contributed by atoms with Crippen LogP contribution in [0.4, 0.5) is 5.69 Å². The summed E-state index contributed by atoms with van der Waals surface area (Å²) in [6.45, 7) is 4.77. The average Bonchev–Trinajstić information content (AvgIpc) is 3.08. The van der Waals surface area contributed by atoms with E-state index in [0.29, 0.717) is 12.0 Å². The number of carbonyl (C=O) groups is 2. The molecule has 26 heavy (non-hydrogen) atoms. The molecule has 1 fully saturated rings. The van der Waals surface area contributed by atoms with Crippen LogP contribution in [-0.2, 0) is 4.79 Å². The molecule has 5 nitrogen and oxygen atoms in total. The highest BCUT2D eigenvalue weighted by Crippen LogP contribution is 2.25. The Kier molecular flexibility index (Phi) is 5.93. The normalized spacial score (nSPS) is 15.2. The third kappa shape index (κ3) is 4.25. The van der Waals surface area contributed by atoms with E-state index in [0.717, 1.165) is 35.0 Å².